The third kappa shape index (κ3) is 11.8. The van der Waals surface area contributed by atoms with E-state index in [1.54, 1.807) is 30.5 Å². The maximum atomic E-state index is 10.7. The minimum absolute atomic E-state index is 0.314. The van der Waals surface area contributed by atoms with Crippen LogP contribution in [0, 0.1) is 68.0 Å². The van der Waals surface area contributed by atoms with E-state index in [1.165, 1.54) is 0 Å². The van der Waals surface area contributed by atoms with Crippen LogP contribution in [0.15, 0.2) is 340 Å². The van der Waals surface area contributed by atoms with Gasteiger partial charge in [0.25, 0.3) is 0 Å². The Morgan fingerprint density at radius 1 is 0.194 bits per heavy atom. The first-order valence-electron chi connectivity index (χ1n) is 39.9. The van der Waals surface area contributed by atoms with E-state index in [-0.39, 0.29) is 0 Å². The lowest BCUT2D eigenvalue weighted by Crippen LogP contribution is -2.07. The second kappa shape index (κ2) is 29.3. The molecule has 570 valence electrons. The van der Waals surface area contributed by atoms with Crippen molar-refractivity contribution in [2.75, 3.05) is 0 Å². The van der Waals surface area contributed by atoms with Crippen molar-refractivity contribution in [3.63, 3.8) is 0 Å². The fraction of sp³-hybridized carbons (Fsp3) is 0. The molecule has 0 saturated heterocycles. The van der Waals surface area contributed by atoms with E-state index in [4.69, 9.17) is 39.9 Å². The number of pyridine rings is 2. The topological polar surface area (TPSA) is 266 Å². The summed E-state index contributed by atoms with van der Waals surface area (Å²) in [6, 6.07) is 121. The van der Waals surface area contributed by atoms with Gasteiger partial charge in [-0.15, -0.1) is 0 Å². The quantitative estimate of drug-likeness (QED) is 0.104. The molecule has 124 heavy (non-hydrogen) atoms. The van der Waals surface area contributed by atoms with Gasteiger partial charge < -0.3 is 18.3 Å². The highest BCUT2D eigenvalue weighted by Crippen LogP contribution is 2.49. The van der Waals surface area contributed by atoms with E-state index < -0.39 is 0 Å². The fourth-order valence-electron chi connectivity index (χ4n) is 17.6. The van der Waals surface area contributed by atoms with Crippen LogP contribution in [-0.4, -0.2) is 58.1 Å². The predicted octanol–water partition coefficient (Wildman–Crippen LogP) is 23.5. The zero-order valence-corrected chi connectivity index (χ0v) is 65.4. The zero-order valence-electron chi connectivity index (χ0n) is 65.4. The molecule has 0 radical (unpaired) electrons. The highest BCUT2D eigenvalue weighted by atomic mass is 15.1. The van der Waals surface area contributed by atoms with E-state index in [0.29, 0.717) is 119 Å². The Kier molecular flexibility index (Phi) is 17.0. The maximum Gasteiger partial charge on any atom is 0.164 e. The Labute approximate surface area is 707 Å². The van der Waals surface area contributed by atoms with Gasteiger partial charge >= 0.3 is 0 Å². The molecule has 0 atom stereocenters. The number of para-hydroxylation sites is 1. The highest BCUT2D eigenvalue weighted by molar-refractivity contribution is 6.16. The van der Waals surface area contributed by atoms with Crippen molar-refractivity contribution in [1.82, 2.24) is 58.1 Å². The average Bonchev–Trinajstić information content (AvgIpc) is 1.54. The lowest BCUT2D eigenvalue weighted by molar-refractivity contribution is 1.07. The van der Waals surface area contributed by atoms with Crippen molar-refractivity contribution in [2.24, 2.45) is 0 Å². The summed E-state index contributed by atoms with van der Waals surface area (Å²) in [6.45, 7) is 0. The minimum atomic E-state index is 0.314. The van der Waals surface area contributed by atoms with Crippen LogP contribution in [0.4, 0.5) is 0 Å². The molecule has 0 spiro atoms. The number of rotatable bonds is 13. The van der Waals surface area contributed by atoms with Crippen LogP contribution < -0.4 is 0 Å². The van der Waals surface area contributed by atoms with Crippen molar-refractivity contribution in [3.05, 3.63) is 373 Å². The third-order valence-electron chi connectivity index (χ3n) is 23.1. The molecule has 18 heteroatoms. The van der Waals surface area contributed by atoms with E-state index in [1.807, 2.05) is 255 Å². The second-order valence-electron chi connectivity index (χ2n) is 30.1. The van der Waals surface area contributed by atoms with Gasteiger partial charge in [-0.1, -0.05) is 164 Å². The molecule has 18 nitrogen and oxygen atoms in total. The van der Waals surface area contributed by atoms with Gasteiger partial charge in [0.05, 0.1) is 148 Å². The van der Waals surface area contributed by atoms with Gasteiger partial charge in [-0.2, -0.15) is 31.6 Å². The molecule has 0 fully saturated rings. The predicted molar refractivity (Wildman–Crippen MR) is 483 cm³/mol. The van der Waals surface area contributed by atoms with Crippen molar-refractivity contribution < 1.29 is 0 Å². The molecule has 0 aliphatic heterocycles. The summed E-state index contributed by atoms with van der Waals surface area (Å²) in [5.41, 5.74) is 20.5. The molecule has 0 aliphatic rings. The molecule has 22 rings (SSSR count). The van der Waals surface area contributed by atoms with Crippen molar-refractivity contribution in [3.8, 4) is 161 Å². The highest BCUT2D eigenvalue weighted by Gasteiger charge is 2.30. The van der Waals surface area contributed by atoms with E-state index >= 15 is 0 Å². The molecule has 22 aromatic rings. The summed E-state index contributed by atoms with van der Waals surface area (Å²) in [5.74, 6) is 2.42. The number of nitriles is 6. The lowest BCUT2D eigenvalue weighted by atomic mass is 9.98. The van der Waals surface area contributed by atoms with E-state index in [2.05, 4.69) is 109 Å². The number of benzene rings is 14. The van der Waals surface area contributed by atoms with Gasteiger partial charge in [0.2, 0.25) is 0 Å². The molecular weight excluding hydrogens is 1530 g/mol. The van der Waals surface area contributed by atoms with Crippen LogP contribution >= 0.6 is 0 Å². The van der Waals surface area contributed by atoms with Crippen LogP contribution in [-0.2, 0) is 0 Å². The van der Waals surface area contributed by atoms with Crippen LogP contribution in [0.25, 0.3) is 212 Å². The molecule has 0 amide bonds. The molecule has 0 N–H and O–H groups in total. The van der Waals surface area contributed by atoms with Crippen molar-refractivity contribution in [1.29, 1.82) is 31.6 Å². The van der Waals surface area contributed by atoms with Crippen LogP contribution in [0.1, 0.15) is 33.4 Å². The van der Waals surface area contributed by atoms with Crippen LogP contribution in [0.5, 0.6) is 0 Å². The number of fused-ring (bicyclic) bond motifs is 12. The first-order valence-corrected chi connectivity index (χ1v) is 39.9. The van der Waals surface area contributed by atoms with E-state index in [0.717, 1.165) is 126 Å². The first kappa shape index (κ1) is 72.0. The zero-order chi connectivity index (χ0) is 83.2. The molecule has 8 heterocycles. The Bertz CT molecular complexity index is 8390. The average molecular weight is 1580 g/mol. The monoisotopic (exact) mass is 1580 g/mol. The molecule has 8 aromatic heterocycles. The maximum absolute atomic E-state index is 10.7. The standard InChI is InChI=1S/C106H56N18/c107-57-63-33-41-86-79(49-63)75-25-10-11-28-85(75)122(86)94-31-15-47-113-99(94)98-78(105-117-101(69-17-4-1-5-18-69)115-102(118-105)70-19-6-2-7-20-70)27-14-30-93(98)124-87-42-34-64(58-108)50-80(87)76-40-39-73(56-96(76)124)72-23-12-24-74(55-72)104-116-103(71-21-8-3-9-22-71)119-106(120-104)77-26-13-29-92(121-88-43-35-65(59-109)51-81(88)82-52-66(60-110)36-44-89(82)121)97(77)100-95(32-16-48-114-100)123-90-45-37-67(61-111)53-83(90)84-54-68(62-112)38-46-91(84)123/h1-56H. The summed E-state index contributed by atoms with van der Waals surface area (Å²) in [7, 11) is 0. The number of aromatic nitrogens is 12. The Hall–Kier alpha value is -18.5. The van der Waals surface area contributed by atoms with Gasteiger partial charge in [0.15, 0.2) is 34.9 Å². The van der Waals surface area contributed by atoms with Gasteiger partial charge in [-0.05, 0) is 175 Å². The molecule has 0 saturated carbocycles. The summed E-state index contributed by atoms with van der Waals surface area (Å²) in [5, 5.41) is 69.2. The largest absolute Gasteiger partial charge is 0.309 e. The first-order chi connectivity index (χ1) is 61.2. The van der Waals surface area contributed by atoms with Gasteiger partial charge in [0, 0.05) is 100.0 Å². The molecule has 0 unspecified atom stereocenters. The van der Waals surface area contributed by atoms with Gasteiger partial charge in [0.1, 0.15) is 0 Å². The Morgan fingerprint density at radius 2 is 0.484 bits per heavy atom. The lowest BCUT2D eigenvalue weighted by Gasteiger charge is -2.21. The molecular formula is C106H56N18. The van der Waals surface area contributed by atoms with Crippen LogP contribution in [0.3, 0.4) is 0 Å². The van der Waals surface area contributed by atoms with Gasteiger partial charge in [-0.25, -0.2) is 29.9 Å². The number of nitrogens with zero attached hydrogens (tertiary/aromatic N) is 18. The number of hydrogen-bond acceptors (Lipinski definition) is 14. The smallest absolute Gasteiger partial charge is 0.164 e. The Morgan fingerprint density at radius 3 is 0.879 bits per heavy atom. The molecule has 0 aliphatic carbocycles. The van der Waals surface area contributed by atoms with Crippen molar-refractivity contribution in [2.45, 2.75) is 0 Å². The summed E-state index contributed by atoms with van der Waals surface area (Å²) >= 11 is 0. The van der Waals surface area contributed by atoms with Gasteiger partial charge in [-0.3, -0.25) is 9.97 Å². The Balaban J connectivity index is 0.771. The van der Waals surface area contributed by atoms with E-state index in [9.17, 15) is 31.6 Å². The molecule has 14 aromatic carbocycles. The normalized spacial score (nSPS) is 11.3. The molecule has 0 bridgehead atoms. The van der Waals surface area contributed by atoms with Crippen molar-refractivity contribution >= 4 is 87.2 Å². The number of hydrogen-bond donors (Lipinski definition) is 0. The summed E-state index contributed by atoms with van der Waals surface area (Å²) < 4.78 is 8.74. The fourth-order valence-corrected chi connectivity index (χ4v) is 17.6. The minimum Gasteiger partial charge on any atom is -0.309 e. The van der Waals surface area contributed by atoms with Crippen LogP contribution in [0.2, 0.25) is 0 Å². The third-order valence-corrected chi connectivity index (χ3v) is 23.1. The summed E-state index contributed by atoms with van der Waals surface area (Å²) in [6.07, 6.45) is 3.57. The summed E-state index contributed by atoms with van der Waals surface area (Å²) in [4.78, 5) is 43.4. The SMILES string of the molecule is N#Cc1ccc2c(c1)c1ccccc1n2-c1cccnc1-c1c(-c2nc(-c3ccccc3)nc(-c3ccccc3)n2)cccc1-n1c2ccc(C#N)cc2c2ccc(-c3cccc(-c4nc(-c5ccccc5)nc(-c5cccc(-n6c7ccc(C#N)cc7c7cc(C#N)ccc76)c5-c5ncccc5-n5c6ccc(C#N)cc6c6cc(C#N)ccc65)n4)c3)cc21. The second-order valence-corrected chi connectivity index (χ2v) is 30.1.